The third kappa shape index (κ3) is 0.760. The minimum absolute atomic E-state index is 0.252. The zero-order chi connectivity index (χ0) is 5.98. The number of carbonyl (C=O) groups is 1. The van der Waals surface area contributed by atoms with E-state index in [1.807, 2.05) is 0 Å². The molecule has 0 aromatic heterocycles. The van der Waals surface area contributed by atoms with Gasteiger partial charge >= 0.3 is 0 Å². The maximum absolute atomic E-state index is 9.89. The van der Waals surface area contributed by atoms with Crippen LogP contribution in [0.25, 0.3) is 0 Å². The van der Waals surface area contributed by atoms with E-state index in [2.05, 4.69) is 15.8 Å². The van der Waals surface area contributed by atoms with Crippen molar-refractivity contribution >= 4 is 12.2 Å². The molecule has 5 nitrogen and oxygen atoms in total. The molecule has 1 aliphatic rings. The number of carbonyl (C=O) groups excluding carboxylic acids is 1. The molecule has 0 fully saturated rings. The van der Waals surface area contributed by atoms with Crippen LogP contribution in [-0.2, 0) is 4.79 Å². The Morgan fingerprint density at radius 2 is 2.62 bits per heavy atom. The second-order valence-electron chi connectivity index (χ2n) is 1.36. The van der Waals surface area contributed by atoms with Gasteiger partial charge in [0.15, 0.2) is 12.5 Å². The lowest BCUT2D eigenvalue weighted by Crippen LogP contribution is -2.38. The van der Waals surface area contributed by atoms with Crippen LogP contribution in [0.3, 0.4) is 0 Å². The molecule has 0 saturated carbocycles. The second kappa shape index (κ2) is 1.79. The first-order valence-corrected chi connectivity index (χ1v) is 2.13. The summed E-state index contributed by atoms with van der Waals surface area (Å²) in [5.74, 6) is 0.252. The average Bonchev–Trinajstić information content (AvgIpc) is 2.14. The van der Waals surface area contributed by atoms with Crippen molar-refractivity contribution in [2.75, 3.05) is 0 Å². The van der Waals surface area contributed by atoms with Gasteiger partial charge in [-0.2, -0.15) is 0 Å². The van der Waals surface area contributed by atoms with Crippen LogP contribution >= 0.6 is 0 Å². The first-order chi connectivity index (χ1) is 3.83. The number of hydrogen-bond acceptors (Lipinski definition) is 5. The number of hydrazine groups is 1. The number of nitrogens with two attached hydrogens (primary N) is 1. The Labute approximate surface area is 45.9 Å². The lowest BCUT2D eigenvalue weighted by molar-refractivity contribution is -0.109. The van der Waals surface area contributed by atoms with Gasteiger partial charge in [-0.3, -0.25) is 10.2 Å². The van der Waals surface area contributed by atoms with E-state index in [1.165, 1.54) is 0 Å². The fourth-order valence-corrected chi connectivity index (χ4v) is 0.427. The minimum Gasteiger partial charge on any atom is -0.369 e. The predicted molar refractivity (Wildman–Crippen MR) is 27.7 cm³/mol. The van der Waals surface area contributed by atoms with Gasteiger partial charge in [0.2, 0.25) is 5.96 Å². The average molecular weight is 114 g/mol. The Bertz CT molecular complexity index is 131. The van der Waals surface area contributed by atoms with E-state index in [1.54, 1.807) is 0 Å². The van der Waals surface area contributed by atoms with Crippen LogP contribution in [0, 0.1) is 0 Å². The van der Waals surface area contributed by atoms with Gasteiger partial charge in [-0.05, 0) is 0 Å². The van der Waals surface area contributed by atoms with Gasteiger partial charge in [-0.1, -0.05) is 0 Å². The highest BCUT2D eigenvalue weighted by Crippen LogP contribution is 1.82. The summed E-state index contributed by atoms with van der Waals surface area (Å²) >= 11 is 0. The monoisotopic (exact) mass is 114 g/mol. The Morgan fingerprint density at radius 3 is 2.88 bits per heavy atom. The van der Waals surface area contributed by atoms with E-state index in [4.69, 9.17) is 5.73 Å². The molecule has 5 heteroatoms. The van der Waals surface area contributed by atoms with Crippen LogP contribution in [0.4, 0.5) is 0 Å². The Balaban J connectivity index is 2.53. The van der Waals surface area contributed by atoms with E-state index in [9.17, 15) is 4.79 Å². The summed E-state index contributed by atoms with van der Waals surface area (Å²) in [5, 5.41) is 0. The summed E-state index contributed by atoms with van der Waals surface area (Å²) < 4.78 is 0. The van der Waals surface area contributed by atoms with E-state index in [0.29, 0.717) is 6.29 Å². The number of nitrogens with zero attached hydrogens (tertiary/aromatic N) is 1. The molecule has 0 amide bonds. The van der Waals surface area contributed by atoms with Crippen molar-refractivity contribution in [3.8, 4) is 0 Å². The topological polar surface area (TPSA) is 79.5 Å². The Kier molecular flexibility index (Phi) is 1.13. The number of aldehydes is 1. The third-order valence-electron chi connectivity index (χ3n) is 0.755. The van der Waals surface area contributed by atoms with E-state index >= 15 is 0 Å². The maximum atomic E-state index is 9.89. The summed E-state index contributed by atoms with van der Waals surface area (Å²) in [7, 11) is 0. The highest BCUT2D eigenvalue weighted by molar-refractivity contribution is 5.81. The summed E-state index contributed by atoms with van der Waals surface area (Å²) in [6, 6.07) is 0. The van der Waals surface area contributed by atoms with Gasteiger partial charge < -0.3 is 5.73 Å². The quantitative estimate of drug-likeness (QED) is 0.342. The molecule has 1 rings (SSSR count). The molecule has 0 aromatic carbocycles. The molecule has 1 heterocycles. The van der Waals surface area contributed by atoms with Gasteiger partial charge in [0, 0.05) is 0 Å². The fraction of sp³-hybridized carbons (Fsp3) is 0.333. The maximum Gasteiger partial charge on any atom is 0.205 e. The molecular formula is C3H6N4O. The third-order valence-corrected chi connectivity index (χ3v) is 0.755. The van der Waals surface area contributed by atoms with E-state index in [-0.39, 0.29) is 5.96 Å². The number of hydrogen-bond donors (Lipinski definition) is 3. The number of aliphatic imine (C=N–C) groups is 1. The van der Waals surface area contributed by atoms with Crippen molar-refractivity contribution in [2.45, 2.75) is 6.17 Å². The minimum atomic E-state index is -0.505. The molecule has 1 atom stereocenters. The standard InChI is InChI=1S/C3H6N4O/c4-3-5-2(1-8)6-7-3/h1-2,6H,(H3,4,5,7). The zero-order valence-corrected chi connectivity index (χ0v) is 4.09. The van der Waals surface area contributed by atoms with E-state index in [0.717, 1.165) is 0 Å². The molecular weight excluding hydrogens is 108 g/mol. The van der Waals surface area contributed by atoms with Crippen molar-refractivity contribution < 1.29 is 4.79 Å². The zero-order valence-electron chi connectivity index (χ0n) is 4.09. The van der Waals surface area contributed by atoms with Gasteiger partial charge in [-0.25, -0.2) is 10.4 Å². The lowest BCUT2D eigenvalue weighted by Gasteiger charge is -1.93. The number of rotatable bonds is 1. The van der Waals surface area contributed by atoms with Gasteiger partial charge in [-0.15, -0.1) is 0 Å². The first kappa shape index (κ1) is 5.04. The van der Waals surface area contributed by atoms with Crippen LogP contribution in [0.2, 0.25) is 0 Å². The summed E-state index contributed by atoms with van der Waals surface area (Å²) in [4.78, 5) is 13.5. The van der Waals surface area contributed by atoms with Crippen LogP contribution in [0.5, 0.6) is 0 Å². The predicted octanol–water partition coefficient (Wildman–Crippen LogP) is -2.07. The fourth-order valence-electron chi connectivity index (χ4n) is 0.427. The first-order valence-electron chi connectivity index (χ1n) is 2.13. The van der Waals surface area contributed by atoms with Crippen LogP contribution in [0.15, 0.2) is 4.99 Å². The highest BCUT2D eigenvalue weighted by atomic mass is 16.1. The van der Waals surface area contributed by atoms with Crippen molar-refractivity contribution in [2.24, 2.45) is 10.7 Å². The Hall–Kier alpha value is -1.10. The normalized spacial score (nSPS) is 26.5. The van der Waals surface area contributed by atoms with Crippen molar-refractivity contribution in [3.63, 3.8) is 0 Å². The highest BCUT2D eigenvalue weighted by Gasteiger charge is 2.10. The summed E-state index contributed by atoms with van der Waals surface area (Å²) in [6.45, 7) is 0. The SMILES string of the molecule is NC1=NC(C=O)NN1. The van der Waals surface area contributed by atoms with Crippen LogP contribution in [0.1, 0.15) is 0 Å². The number of guanidine groups is 1. The summed E-state index contributed by atoms with van der Waals surface area (Å²) in [6.07, 6.45) is 0.155. The smallest absolute Gasteiger partial charge is 0.205 e. The molecule has 8 heavy (non-hydrogen) atoms. The van der Waals surface area contributed by atoms with Crippen molar-refractivity contribution in [3.05, 3.63) is 0 Å². The van der Waals surface area contributed by atoms with Crippen LogP contribution in [-0.4, -0.2) is 18.4 Å². The molecule has 0 bridgehead atoms. The largest absolute Gasteiger partial charge is 0.369 e. The molecule has 0 aliphatic carbocycles. The molecule has 4 N–H and O–H groups in total. The molecule has 0 spiro atoms. The summed E-state index contributed by atoms with van der Waals surface area (Å²) in [5.41, 5.74) is 10.1. The second-order valence-corrected chi connectivity index (χ2v) is 1.36. The van der Waals surface area contributed by atoms with Crippen LogP contribution < -0.4 is 16.6 Å². The van der Waals surface area contributed by atoms with Gasteiger partial charge in [0.1, 0.15) is 0 Å². The molecule has 1 unspecified atom stereocenters. The number of nitrogens with one attached hydrogen (secondary N) is 2. The van der Waals surface area contributed by atoms with Gasteiger partial charge in [0.05, 0.1) is 0 Å². The van der Waals surface area contributed by atoms with Crippen molar-refractivity contribution in [1.82, 2.24) is 10.9 Å². The molecule has 0 saturated heterocycles. The molecule has 0 aromatic rings. The van der Waals surface area contributed by atoms with E-state index < -0.39 is 6.17 Å². The Morgan fingerprint density at radius 1 is 1.88 bits per heavy atom. The van der Waals surface area contributed by atoms with Crippen molar-refractivity contribution in [1.29, 1.82) is 0 Å². The molecule has 44 valence electrons. The lowest BCUT2D eigenvalue weighted by atomic mass is 10.6. The molecule has 1 aliphatic heterocycles. The molecule has 0 radical (unpaired) electrons. The van der Waals surface area contributed by atoms with Gasteiger partial charge in [0.25, 0.3) is 0 Å².